The van der Waals surface area contributed by atoms with Gasteiger partial charge in [0.1, 0.15) is 11.8 Å². The minimum Gasteiger partial charge on any atom is -0.493 e. The van der Waals surface area contributed by atoms with Crippen LogP contribution in [0.1, 0.15) is 24.9 Å². The number of para-hydroxylation sites is 1. The summed E-state index contributed by atoms with van der Waals surface area (Å²) in [6, 6.07) is 4.53. The van der Waals surface area contributed by atoms with Gasteiger partial charge in [0.25, 0.3) is 0 Å². The summed E-state index contributed by atoms with van der Waals surface area (Å²) in [5.41, 5.74) is 0.121. The van der Waals surface area contributed by atoms with Gasteiger partial charge in [-0.2, -0.15) is 13.2 Å². The van der Waals surface area contributed by atoms with Crippen LogP contribution in [0, 0.1) is 0 Å². The van der Waals surface area contributed by atoms with Crippen LogP contribution in [0.15, 0.2) is 24.3 Å². The average molecular weight is 247 g/mol. The number of benzene rings is 1. The molecule has 1 rings (SSSR count). The molecule has 0 fully saturated rings. The summed E-state index contributed by atoms with van der Waals surface area (Å²) in [5.74, 6) is 0.283. The molecule has 0 spiro atoms. The second kappa shape index (κ2) is 5.91. The minimum atomic E-state index is -4.33. The molecule has 0 aliphatic rings. The molecule has 1 aromatic rings. The zero-order valence-corrected chi connectivity index (χ0v) is 9.84. The van der Waals surface area contributed by atoms with E-state index in [1.165, 1.54) is 13.1 Å². The van der Waals surface area contributed by atoms with Gasteiger partial charge in [-0.05, 0) is 19.5 Å². The van der Waals surface area contributed by atoms with Crippen molar-refractivity contribution in [3.05, 3.63) is 29.8 Å². The molecule has 1 N–H and O–H groups in total. The van der Waals surface area contributed by atoms with Gasteiger partial charge in [0.15, 0.2) is 0 Å². The van der Waals surface area contributed by atoms with E-state index in [-0.39, 0.29) is 11.3 Å². The largest absolute Gasteiger partial charge is 0.493 e. The van der Waals surface area contributed by atoms with E-state index in [9.17, 15) is 13.2 Å². The van der Waals surface area contributed by atoms with Crippen LogP contribution in [-0.2, 0) is 0 Å². The Morgan fingerprint density at radius 1 is 1.29 bits per heavy atom. The first kappa shape index (κ1) is 13.8. The van der Waals surface area contributed by atoms with Gasteiger partial charge in [-0.1, -0.05) is 25.1 Å². The molecular formula is C12H16F3NO. The molecule has 1 aromatic carbocycles. The molecule has 1 unspecified atom stereocenters. The Balaban J connectivity index is 3.02. The number of hydrogen-bond donors (Lipinski definition) is 1. The first-order valence-corrected chi connectivity index (χ1v) is 5.46. The highest BCUT2D eigenvalue weighted by Gasteiger charge is 2.41. The standard InChI is InChI=1S/C12H16F3NO/c1-3-8-17-10-7-5-4-6-9(10)11(16-2)12(13,14)15/h4-7,11,16H,3,8H2,1-2H3. The molecule has 0 bridgehead atoms. The van der Waals surface area contributed by atoms with Crippen molar-refractivity contribution < 1.29 is 17.9 Å². The highest BCUT2D eigenvalue weighted by atomic mass is 19.4. The lowest BCUT2D eigenvalue weighted by Gasteiger charge is -2.22. The molecule has 0 aromatic heterocycles. The van der Waals surface area contributed by atoms with Gasteiger partial charge in [0.05, 0.1) is 6.61 Å². The van der Waals surface area contributed by atoms with Gasteiger partial charge in [-0.15, -0.1) is 0 Å². The van der Waals surface area contributed by atoms with E-state index < -0.39 is 12.2 Å². The molecule has 5 heteroatoms. The molecule has 0 heterocycles. The Kier molecular flexibility index (Phi) is 4.81. The van der Waals surface area contributed by atoms with Crippen LogP contribution in [0.3, 0.4) is 0 Å². The third kappa shape index (κ3) is 3.63. The van der Waals surface area contributed by atoms with E-state index in [0.717, 1.165) is 6.42 Å². The lowest BCUT2D eigenvalue weighted by Crippen LogP contribution is -2.32. The first-order chi connectivity index (χ1) is 8.00. The monoisotopic (exact) mass is 247 g/mol. The van der Waals surface area contributed by atoms with E-state index >= 15 is 0 Å². The van der Waals surface area contributed by atoms with Crippen LogP contribution in [0.4, 0.5) is 13.2 Å². The number of rotatable bonds is 5. The molecule has 17 heavy (non-hydrogen) atoms. The fourth-order valence-electron chi connectivity index (χ4n) is 1.56. The fraction of sp³-hybridized carbons (Fsp3) is 0.500. The van der Waals surface area contributed by atoms with Crippen molar-refractivity contribution in [1.29, 1.82) is 0 Å². The molecule has 0 aliphatic carbocycles. The smallest absolute Gasteiger partial charge is 0.408 e. The van der Waals surface area contributed by atoms with E-state index in [0.29, 0.717) is 6.61 Å². The SMILES string of the molecule is CCCOc1ccccc1C(NC)C(F)(F)F. The van der Waals surface area contributed by atoms with Crippen molar-refractivity contribution >= 4 is 0 Å². The second-order valence-electron chi connectivity index (χ2n) is 3.65. The van der Waals surface area contributed by atoms with Crippen molar-refractivity contribution in [2.24, 2.45) is 0 Å². The van der Waals surface area contributed by atoms with Crippen molar-refractivity contribution in [2.45, 2.75) is 25.6 Å². The van der Waals surface area contributed by atoms with Gasteiger partial charge in [-0.3, -0.25) is 0 Å². The van der Waals surface area contributed by atoms with Crippen molar-refractivity contribution in [3.63, 3.8) is 0 Å². The van der Waals surface area contributed by atoms with Gasteiger partial charge in [0, 0.05) is 5.56 Å². The third-order valence-corrected chi connectivity index (χ3v) is 2.31. The van der Waals surface area contributed by atoms with Crippen LogP contribution in [0.25, 0.3) is 0 Å². The Hall–Kier alpha value is -1.23. The highest BCUT2D eigenvalue weighted by molar-refractivity contribution is 5.36. The third-order valence-electron chi connectivity index (χ3n) is 2.31. The zero-order valence-electron chi connectivity index (χ0n) is 9.84. The lowest BCUT2D eigenvalue weighted by molar-refractivity contribution is -0.156. The topological polar surface area (TPSA) is 21.3 Å². The number of ether oxygens (including phenoxy) is 1. The van der Waals surface area contributed by atoms with Gasteiger partial charge in [-0.25, -0.2) is 0 Å². The van der Waals surface area contributed by atoms with Crippen LogP contribution in [0.5, 0.6) is 5.75 Å². The predicted octanol–water partition coefficient (Wildman–Crippen LogP) is 3.30. The predicted molar refractivity (Wildman–Crippen MR) is 60.1 cm³/mol. The van der Waals surface area contributed by atoms with Gasteiger partial charge >= 0.3 is 6.18 Å². The average Bonchev–Trinajstić information content (AvgIpc) is 2.27. The molecule has 0 radical (unpaired) electrons. The van der Waals surface area contributed by atoms with Gasteiger partial charge < -0.3 is 10.1 Å². The van der Waals surface area contributed by atoms with Crippen molar-refractivity contribution in [3.8, 4) is 5.75 Å². The van der Waals surface area contributed by atoms with Crippen molar-refractivity contribution in [2.75, 3.05) is 13.7 Å². The van der Waals surface area contributed by atoms with Crippen molar-refractivity contribution in [1.82, 2.24) is 5.32 Å². The summed E-state index contributed by atoms with van der Waals surface area (Å²) in [4.78, 5) is 0. The van der Waals surface area contributed by atoms with Crippen LogP contribution in [0.2, 0.25) is 0 Å². The number of alkyl halides is 3. The minimum absolute atomic E-state index is 0.121. The van der Waals surface area contributed by atoms with E-state index in [1.54, 1.807) is 18.2 Å². The van der Waals surface area contributed by atoms with E-state index in [1.807, 2.05) is 6.92 Å². The molecule has 0 saturated heterocycles. The molecular weight excluding hydrogens is 231 g/mol. The summed E-state index contributed by atoms with van der Waals surface area (Å²) in [6.07, 6.45) is -3.58. The number of hydrogen-bond acceptors (Lipinski definition) is 2. The Morgan fingerprint density at radius 3 is 2.47 bits per heavy atom. The maximum Gasteiger partial charge on any atom is 0.408 e. The van der Waals surface area contributed by atoms with Gasteiger partial charge in [0.2, 0.25) is 0 Å². The van der Waals surface area contributed by atoms with Crippen LogP contribution < -0.4 is 10.1 Å². The van der Waals surface area contributed by atoms with Crippen LogP contribution in [-0.4, -0.2) is 19.8 Å². The highest BCUT2D eigenvalue weighted by Crippen LogP contribution is 2.36. The Bertz CT molecular complexity index is 352. The van der Waals surface area contributed by atoms with E-state index in [2.05, 4.69) is 5.32 Å². The number of halogens is 3. The molecule has 96 valence electrons. The van der Waals surface area contributed by atoms with Crippen LogP contribution >= 0.6 is 0 Å². The quantitative estimate of drug-likeness (QED) is 0.862. The molecule has 0 amide bonds. The maximum absolute atomic E-state index is 12.8. The first-order valence-electron chi connectivity index (χ1n) is 5.46. The summed E-state index contributed by atoms with van der Waals surface area (Å²) in [6.45, 7) is 2.31. The summed E-state index contributed by atoms with van der Waals surface area (Å²) in [7, 11) is 1.29. The normalized spacial score (nSPS) is 13.5. The summed E-state index contributed by atoms with van der Waals surface area (Å²) in [5, 5.41) is 2.27. The Labute approximate surface area is 98.8 Å². The summed E-state index contributed by atoms with van der Waals surface area (Å²) >= 11 is 0. The van der Waals surface area contributed by atoms with E-state index in [4.69, 9.17) is 4.74 Å². The Morgan fingerprint density at radius 2 is 1.94 bits per heavy atom. The molecule has 0 saturated carbocycles. The molecule has 2 nitrogen and oxygen atoms in total. The lowest BCUT2D eigenvalue weighted by atomic mass is 10.1. The second-order valence-corrected chi connectivity index (χ2v) is 3.65. The number of nitrogens with one attached hydrogen (secondary N) is 1. The molecule has 1 atom stereocenters. The maximum atomic E-state index is 12.8. The summed E-state index contributed by atoms with van der Waals surface area (Å²) < 4.78 is 43.7. The molecule has 0 aliphatic heterocycles. The fourth-order valence-corrected chi connectivity index (χ4v) is 1.56. The zero-order chi connectivity index (χ0) is 12.9.